The summed E-state index contributed by atoms with van der Waals surface area (Å²) in [6.45, 7) is 2.87. The molecule has 9 heteroatoms. The third-order valence-electron chi connectivity index (χ3n) is 3.98. The third kappa shape index (κ3) is 4.36. The van der Waals surface area contributed by atoms with Gasteiger partial charge >= 0.3 is 6.36 Å². The van der Waals surface area contributed by atoms with Crippen molar-refractivity contribution in [2.45, 2.75) is 26.4 Å². The minimum absolute atomic E-state index is 0.224. The van der Waals surface area contributed by atoms with E-state index in [0.717, 1.165) is 5.52 Å². The number of aromatic nitrogens is 3. The molecule has 0 saturated heterocycles. The second-order valence-corrected chi connectivity index (χ2v) is 5.96. The molecule has 142 valence electrons. The molecule has 6 nitrogen and oxygen atoms in total. The van der Waals surface area contributed by atoms with E-state index in [1.807, 2.05) is 6.92 Å². The summed E-state index contributed by atoms with van der Waals surface area (Å²) in [6, 6.07) is 10.6. The predicted molar refractivity (Wildman–Crippen MR) is 92.1 cm³/mol. The molecule has 1 amide bonds. The average Bonchev–Trinajstić information content (AvgIpc) is 3.03. The minimum Gasteiger partial charge on any atom is -0.406 e. The van der Waals surface area contributed by atoms with E-state index in [0.29, 0.717) is 23.2 Å². The van der Waals surface area contributed by atoms with E-state index in [-0.39, 0.29) is 18.2 Å². The molecule has 0 saturated carbocycles. The van der Waals surface area contributed by atoms with Crippen molar-refractivity contribution in [3.8, 4) is 5.75 Å². The van der Waals surface area contributed by atoms with Crippen molar-refractivity contribution in [3.05, 3.63) is 53.6 Å². The molecule has 1 heterocycles. The van der Waals surface area contributed by atoms with E-state index in [1.54, 1.807) is 29.9 Å². The summed E-state index contributed by atoms with van der Waals surface area (Å²) in [5.41, 5.74) is 2.62. The van der Waals surface area contributed by atoms with Gasteiger partial charge in [0.05, 0.1) is 5.52 Å². The first-order chi connectivity index (χ1) is 12.8. The Balaban J connectivity index is 1.70. The van der Waals surface area contributed by atoms with Gasteiger partial charge < -0.3 is 9.64 Å². The number of fused-ring (bicyclic) bond motifs is 1. The van der Waals surface area contributed by atoms with Crippen molar-refractivity contribution in [3.63, 3.8) is 0 Å². The van der Waals surface area contributed by atoms with Gasteiger partial charge in [0, 0.05) is 25.7 Å². The van der Waals surface area contributed by atoms with Crippen LogP contribution in [0.5, 0.6) is 5.75 Å². The molecular formula is C18H17F3N4O2. The molecule has 0 unspecified atom stereocenters. The third-order valence-corrected chi connectivity index (χ3v) is 3.98. The summed E-state index contributed by atoms with van der Waals surface area (Å²) in [5.74, 6) is -0.525. The number of hydrogen-bond acceptors (Lipinski definition) is 4. The number of nitrogens with zero attached hydrogens (tertiary/aromatic N) is 4. The molecule has 0 atom stereocenters. The Hall–Kier alpha value is -3.10. The van der Waals surface area contributed by atoms with Gasteiger partial charge in [0.15, 0.2) is 0 Å². The Morgan fingerprint density at radius 1 is 1.19 bits per heavy atom. The van der Waals surface area contributed by atoms with Crippen molar-refractivity contribution in [2.24, 2.45) is 0 Å². The molecule has 3 aromatic rings. The molecule has 0 fully saturated rings. The monoisotopic (exact) mass is 378 g/mol. The van der Waals surface area contributed by atoms with Crippen LogP contribution in [0.3, 0.4) is 0 Å². The highest BCUT2D eigenvalue weighted by Crippen LogP contribution is 2.23. The number of benzene rings is 2. The Kier molecular flexibility index (Phi) is 5.02. The average molecular weight is 378 g/mol. The first-order valence-corrected chi connectivity index (χ1v) is 8.20. The highest BCUT2D eigenvalue weighted by molar-refractivity contribution is 5.97. The maximum atomic E-state index is 12.6. The number of aryl methyl sites for hydroxylation is 1. The van der Waals surface area contributed by atoms with Crippen LogP contribution in [0.2, 0.25) is 0 Å². The molecule has 1 aromatic heterocycles. The molecule has 0 aliphatic heterocycles. The summed E-state index contributed by atoms with van der Waals surface area (Å²) in [7, 11) is 1.62. The quantitative estimate of drug-likeness (QED) is 0.680. The summed E-state index contributed by atoms with van der Waals surface area (Å²) in [6.07, 6.45) is -4.73. The van der Waals surface area contributed by atoms with Gasteiger partial charge in [0.25, 0.3) is 5.91 Å². The van der Waals surface area contributed by atoms with E-state index in [1.165, 1.54) is 29.2 Å². The van der Waals surface area contributed by atoms with E-state index in [4.69, 9.17) is 0 Å². The van der Waals surface area contributed by atoms with Gasteiger partial charge in [-0.3, -0.25) is 4.79 Å². The number of hydrogen-bond donors (Lipinski definition) is 0. The number of carbonyl (C=O) groups is 1. The summed E-state index contributed by atoms with van der Waals surface area (Å²) < 4.78 is 42.2. The highest BCUT2D eigenvalue weighted by Gasteiger charge is 2.31. The van der Waals surface area contributed by atoms with Crippen LogP contribution >= 0.6 is 0 Å². The standard InChI is InChI=1S/C18H17F3N4O2/c1-3-25-16-9-6-13(10-15(16)22-23-25)17(26)24(2)11-12-4-7-14(8-5-12)27-18(19,20)21/h4-10H,3,11H2,1-2H3. The number of carbonyl (C=O) groups excluding carboxylic acids is 1. The van der Waals surface area contributed by atoms with E-state index >= 15 is 0 Å². The normalized spacial score (nSPS) is 11.6. The largest absolute Gasteiger partial charge is 0.573 e. The van der Waals surface area contributed by atoms with Crippen molar-refractivity contribution >= 4 is 16.9 Å². The lowest BCUT2D eigenvalue weighted by molar-refractivity contribution is -0.274. The van der Waals surface area contributed by atoms with Gasteiger partial charge in [0.1, 0.15) is 11.3 Å². The molecular weight excluding hydrogens is 361 g/mol. The van der Waals surface area contributed by atoms with Gasteiger partial charge in [-0.15, -0.1) is 18.3 Å². The van der Waals surface area contributed by atoms with Crippen molar-refractivity contribution < 1.29 is 22.7 Å². The zero-order valence-corrected chi connectivity index (χ0v) is 14.7. The van der Waals surface area contributed by atoms with Crippen molar-refractivity contribution in [1.29, 1.82) is 0 Å². The van der Waals surface area contributed by atoms with Crippen LogP contribution in [-0.4, -0.2) is 39.2 Å². The first-order valence-electron chi connectivity index (χ1n) is 8.20. The second-order valence-electron chi connectivity index (χ2n) is 5.96. The number of ether oxygens (including phenoxy) is 1. The van der Waals surface area contributed by atoms with Crippen LogP contribution in [0.15, 0.2) is 42.5 Å². The summed E-state index contributed by atoms with van der Waals surface area (Å²) in [4.78, 5) is 14.1. The SMILES string of the molecule is CCn1nnc2cc(C(=O)N(C)Cc3ccc(OC(F)(F)F)cc3)ccc21. The maximum Gasteiger partial charge on any atom is 0.573 e. The molecule has 0 bridgehead atoms. The zero-order valence-electron chi connectivity index (χ0n) is 14.7. The zero-order chi connectivity index (χ0) is 19.6. The van der Waals surface area contributed by atoms with Crippen LogP contribution in [0.25, 0.3) is 11.0 Å². The van der Waals surface area contributed by atoms with Crippen LogP contribution in [0.4, 0.5) is 13.2 Å². The molecule has 0 spiro atoms. The topological polar surface area (TPSA) is 60.2 Å². The van der Waals surface area contributed by atoms with Gasteiger partial charge in [-0.05, 0) is 42.8 Å². The predicted octanol–water partition coefficient (Wildman–Crippen LogP) is 3.62. The van der Waals surface area contributed by atoms with Crippen LogP contribution < -0.4 is 4.74 Å². The first kappa shape index (κ1) is 18.7. The smallest absolute Gasteiger partial charge is 0.406 e. The fourth-order valence-corrected chi connectivity index (χ4v) is 2.70. The summed E-state index contributed by atoms with van der Waals surface area (Å²) in [5, 5.41) is 8.06. The number of amides is 1. The second kappa shape index (κ2) is 7.26. The molecule has 0 radical (unpaired) electrons. The Morgan fingerprint density at radius 2 is 1.89 bits per heavy atom. The lowest BCUT2D eigenvalue weighted by Gasteiger charge is -2.18. The fraction of sp³-hybridized carbons (Fsp3) is 0.278. The molecule has 0 aliphatic carbocycles. The van der Waals surface area contributed by atoms with Gasteiger partial charge in [-0.1, -0.05) is 17.3 Å². The number of rotatable bonds is 5. The molecule has 0 aliphatic rings. The van der Waals surface area contributed by atoms with Crippen LogP contribution in [-0.2, 0) is 13.1 Å². The molecule has 0 N–H and O–H groups in total. The molecule has 3 rings (SSSR count). The van der Waals surface area contributed by atoms with E-state index in [9.17, 15) is 18.0 Å². The lowest BCUT2D eigenvalue weighted by atomic mass is 10.1. The van der Waals surface area contributed by atoms with Gasteiger partial charge in [-0.25, -0.2) is 4.68 Å². The van der Waals surface area contributed by atoms with E-state index < -0.39 is 6.36 Å². The van der Waals surface area contributed by atoms with Gasteiger partial charge in [-0.2, -0.15) is 0 Å². The van der Waals surface area contributed by atoms with Crippen molar-refractivity contribution in [1.82, 2.24) is 19.9 Å². The fourth-order valence-electron chi connectivity index (χ4n) is 2.70. The van der Waals surface area contributed by atoms with Crippen LogP contribution in [0.1, 0.15) is 22.8 Å². The lowest BCUT2D eigenvalue weighted by Crippen LogP contribution is -2.26. The molecule has 27 heavy (non-hydrogen) atoms. The highest BCUT2D eigenvalue weighted by atomic mass is 19.4. The Bertz CT molecular complexity index is 951. The maximum absolute atomic E-state index is 12.6. The van der Waals surface area contributed by atoms with E-state index in [2.05, 4.69) is 15.0 Å². The number of halogens is 3. The van der Waals surface area contributed by atoms with Gasteiger partial charge in [0.2, 0.25) is 0 Å². The Morgan fingerprint density at radius 3 is 2.52 bits per heavy atom. The van der Waals surface area contributed by atoms with Crippen molar-refractivity contribution in [2.75, 3.05) is 7.05 Å². The molecule has 2 aromatic carbocycles. The van der Waals surface area contributed by atoms with Crippen LogP contribution in [0, 0.1) is 0 Å². The Labute approximate surface area is 153 Å². The minimum atomic E-state index is -4.73. The number of alkyl halides is 3. The summed E-state index contributed by atoms with van der Waals surface area (Å²) >= 11 is 0.